The predicted octanol–water partition coefficient (Wildman–Crippen LogP) is 2.80. The average molecular weight is 265 g/mol. The Morgan fingerprint density at radius 2 is 2.21 bits per heavy atom. The molecule has 1 aliphatic rings. The predicted molar refractivity (Wildman–Crippen MR) is 78.7 cm³/mol. The Kier molecular flexibility index (Phi) is 3.99. The topological polar surface area (TPSA) is 41.3 Å². The second-order valence-electron chi connectivity index (χ2n) is 6.29. The molecule has 19 heavy (non-hydrogen) atoms. The standard InChI is InChI=1S/C15H24FN3/c1-15(2,11-7-8-19(3)9-11)10-18-13-6-4-5-12(16)14(13)17/h4-6,11,18H,7-10,17H2,1-3H3. The summed E-state index contributed by atoms with van der Waals surface area (Å²) < 4.78 is 13.4. The number of likely N-dealkylation sites (tertiary alicyclic amines) is 1. The molecule has 0 saturated carbocycles. The third-order valence-electron chi connectivity index (χ3n) is 4.28. The number of nitrogen functional groups attached to an aromatic ring is 1. The van der Waals surface area contributed by atoms with Crippen molar-refractivity contribution in [2.45, 2.75) is 20.3 Å². The molecule has 3 N–H and O–H groups in total. The number of benzene rings is 1. The number of halogens is 1. The number of hydrogen-bond acceptors (Lipinski definition) is 3. The largest absolute Gasteiger partial charge is 0.395 e. The highest BCUT2D eigenvalue weighted by Gasteiger charge is 2.33. The Balaban J connectivity index is 1.99. The van der Waals surface area contributed by atoms with Crippen molar-refractivity contribution < 1.29 is 4.39 Å². The van der Waals surface area contributed by atoms with Gasteiger partial charge < -0.3 is 16.0 Å². The summed E-state index contributed by atoms with van der Waals surface area (Å²) in [7, 11) is 2.16. The van der Waals surface area contributed by atoms with Crippen LogP contribution >= 0.6 is 0 Å². The van der Waals surface area contributed by atoms with E-state index in [9.17, 15) is 4.39 Å². The van der Waals surface area contributed by atoms with Gasteiger partial charge in [-0.15, -0.1) is 0 Å². The van der Waals surface area contributed by atoms with Crippen LogP contribution in [0.25, 0.3) is 0 Å². The highest BCUT2D eigenvalue weighted by atomic mass is 19.1. The van der Waals surface area contributed by atoms with Crippen LogP contribution in [-0.4, -0.2) is 31.6 Å². The van der Waals surface area contributed by atoms with Crippen LogP contribution in [-0.2, 0) is 0 Å². The van der Waals surface area contributed by atoms with Crippen molar-refractivity contribution >= 4 is 11.4 Å². The van der Waals surface area contributed by atoms with E-state index in [4.69, 9.17) is 5.73 Å². The van der Waals surface area contributed by atoms with Gasteiger partial charge in [0.1, 0.15) is 5.82 Å². The van der Waals surface area contributed by atoms with E-state index in [1.165, 1.54) is 12.5 Å². The number of para-hydroxylation sites is 1. The zero-order valence-electron chi connectivity index (χ0n) is 12.0. The molecule has 1 aromatic rings. The maximum Gasteiger partial charge on any atom is 0.148 e. The van der Waals surface area contributed by atoms with E-state index in [1.807, 2.05) is 6.07 Å². The SMILES string of the molecule is CN1CCC(C(C)(C)CNc2cccc(F)c2N)C1. The maximum atomic E-state index is 13.4. The lowest BCUT2D eigenvalue weighted by Crippen LogP contribution is -2.33. The Hall–Kier alpha value is -1.29. The van der Waals surface area contributed by atoms with Crippen LogP contribution < -0.4 is 11.1 Å². The van der Waals surface area contributed by atoms with Gasteiger partial charge in [-0.1, -0.05) is 19.9 Å². The number of nitrogens with two attached hydrogens (primary N) is 1. The highest BCUT2D eigenvalue weighted by molar-refractivity contribution is 5.66. The van der Waals surface area contributed by atoms with Gasteiger partial charge >= 0.3 is 0 Å². The first-order valence-corrected chi connectivity index (χ1v) is 6.86. The molecule has 1 fully saturated rings. The van der Waals surface area contributed by atoms with E-state index < -0.39 is 0 Å². The van der Waals surface area contributed by atoms with E-state index in [0.29, 0.717) is 11.6 Å². The molecular weight excluding hydrogens is 241 g/mol. The van der Waals surface area contributed by atoms with Gasteiger partial charge in [0.2, 0.25) is 0 Å². The molecule has 1 heterocycles. The van der Waals surface area contributed by atoms with Crippen LogP contribution in [0.4, 0.5) is 15.8 Å². The first kappa shape index (κ1) is 14.1. The van der Waals surface area contributed by atoms with E-state index in [2.05, 4.69) is 31.1 Å². The number of nitrogens with one attached hydrogen (secondary N) is 1. The lowest BCUT2D eigenvalue weighted by atomic mass is 9.78. The van der Waals surface area contributed by atoms with Crippen LogP contribution in [0.2, 0.25) is 0 Å². The van der Waals surface area contributed by atoms with Crippen molar-refractivity contribution in [2.24, 2.45) is 11.3 Å². The summed E-state index contributed by atoms with van der Waals surface area (Å²) in [4.78, 5) is 2.36. The number of nitrogens with zero attached hydrogens (tertiary/aromatic N) is 1. The Bertz CT molecular complexity index is 445. The summed E-state index contributed by atoms with van der Waals surface area (Å²) in [6.07, 6.45) is 1.23. The van der Waals surface area contributed by atoms with Gasteiger partial charge in [-0.25, -0.2) is 4.39 Å². The van der Waals surface area contributed by atoms with Crippen molar-refractivity contribution in [3.05, 3.63) is 24.0 Å². The highest BCUT2D eigenvalue weighted by Crippen LogP contribution is 2.34. The number of anilines is 2. The first-order valence-electron chi connectivity index (χ1n) is 6.86. The summed E-state index contributed by atoms with van der Waals surface area (Å²) >= 11 is 0. The molecule has 1 aromatic carbocycles. The molecule has 1 unspecified atom stereocenters. The van der Waals surface area contributed by atoms with Gasteiger partial charge in [0.15, 0.2) is 0 Å². The summed E-state index contributed by atoms with van der Waals surface area (Å²) in [6, 6.07) is 4.90. The average Bonchev–Trinajstić information content (AvgIpc) is 2.79. The molecule has 0 aromatic heterocycles. The molecule has 0 radical (unpaired) electrons. The Labute approximate surface area is 115 Å². The number of rotatable bonds is 4. The first-order chi connectivity index (χ1) is 8.90. The molecule has 1 aliphatic heterocycles. The lowest BCUT2D eigenvalue weighted by molar-refractivity contribution is 0.231. The van der Waals surface area contributed by atoms with Gasteiger partial charge in [-0.2, -0.15) is 0 Å². The van der Waals surface area contributed by atoms with Crippen LogP contribution in [0.3, 0.4) is 0 Å². The lowest BCUT2D eigenvalue weighted by Gasteiger charge is -2.32. The zero-order chi connectivity index (χ0) is 14.0. The molecule has 4 heteroatoms. The molecule has 0 amide bonds. The van der Waals surface area contributed by atoms with Gasteiger partial charge in [-0.05, 0) is 43.5 Å². The van der Waals surface area contributed by atoms with Crippen LogP contribution in [0.1, 0.15) is 20.3 Å². The zero-order valence-corrected chi connectivity index (χ0v) is 12.0. The van der Waals surface area contributed by atoms with Crippen LogP contribution in [0.15, 0.2) is 18.2 Å². The molecule has 2 rings (SSSR count). The quantitative estimate of drug-likeness (QED) is 0.823. The summed E-state index contributed by atoms with van der Waals surface area (Å²) in [5, 5.41) is 3.30. The fourth-order valence-electron chi connectivity index (χ4n) is 2.73. The minimum Gasteiger partial charge on any atom is -0.395 e. The van der Waals surface area contributed by atoms with E-state index >= 15 is 0 Å². The van der Waals surface area contributed by atoms with E-state index in [-0.39, 0.29) is 16.9 Å². The van der Waals surface area contributed by atoms with E-state index in [0.717, 1.165) is 19.6 Å². The second-order valence-corrected chi connectivity index (χ2v) is 6.29. The summed E-state index contributed by atoms with van der Waals surface area (Å²) in [6.45, 7) is 7.63. The fraction of sp³-hybridized carbons (Fsp3) is 0.600. The fourth-order valence-corrected chi connectivity index (χ4v) is 2.73. The summed E-state index contributed by atoms with van der Waals surface area (Å²) in [5.74, 6) is 0.309. The minimum atomic E-state index is -0.358. The monoisotopic (exact) mass is 265 g/mol. The van der Waals surface area contributed by atoms with E-state index in [1.54, 1.807) is 6.07 Å². The number of hydrogen-bond donors (Lipinski definition) is 2. The van der Waals surface area contributed by atoms with Gasteiger partial charge in [0.25, 0.3) is 0 Å². The van der Waals surface area contributed by atoms with Gasteiger partial charge in [-0.3, -0.25) is 0 Å². The summed E-state index contributed by atoms with van der Waals surface area (Å²) in [5.41, 5.74) is 6.82. The van der Waals surface area contributed by atoms with Crippen molar-refractivity contribution in [1.82, 2.24) is 4.90 Å². The van der Waals surface area contributed by atoms with Crippen LogP contribution in [0.5, 0.6) is 0 Å². The smallest absolute Gasteiger partial charge is 0.148 e. The molecule has 0 aliphatic carbocycles. The third kappa shape index (κ3) is 3.18. The second kappa shape index (κ2) is 5.37. The normalized spacial score (nSPS) is 20.7. The molecule has 3 nitrogen and oxygen atoms in total. The minimum absolute atomic E-state index is 0.170. The van der Waals surface area contributed by atoms with Crippen LogP contribution in [0, 0.1) is 17.2 Å². The van der Waals surface area contributed by atoms with Crippen molar-refractivity contribution in [3.8, 4) is 0 Å². The Morgan fingerprint density at radius 3 is 2.84 bits per heavy atom. The van der Waals surface area contributed by atoms with Crippen molar-refractivity contribution in [1.29, 1.82) is 0 Å². The van der Waals surface area contributed by atoms with Gasteiger partial charge in [0, 0.05) is 13.1 Å². The van der Waals surface area contributed by atoms with Gasteiger partial charge in [0.05, 0.1) is 11.4 Å². The maximum absolute atomic E-state index is 13.4. The van der Waals surface area contributed by atoms with Crippen molar-refractivity contribution in [2.75, 3.05) is 37.7 Å². The third-order valence-corrected chi connectivity index (χ3v) is 4.28. The Morgan fingerprint density at radius 1 is 1.47 bits per heavy atom. The molecule has 0 bridgehead atoms. The molecule has 1 saturated heterocycles. The molecular formula is C15H24FN3. The molecule has 1 atom stereocenters. The van der Waals surface area contributed by atoms with Crippen molar-refractivity contribution in [3.63, 3.8) is 0 Å². The molecule has 0 spiro atoms. The molecule has 106 valence electrons.